The fourth-order valence-corrected chi connectivity index (χ4v) is 5.82. The SMILES string of the molecule is COc1cc(-c2cccc(-c3cccc(NC(=O)c4cn(C)c(=O)n(C)c4=O)c3F)c2C)cc(F)c1CNC[C@@H]1CCC(=O)C1. The van der Waals surface area contributed by atoms with Gasteiger partial charge in [-0.2, -0.15) is 0 Å². The minimum Gasteiger partial charge on any atom is -0.496 e. The number of nitrogens with zero attached hydrogens (tertiary/aromatic N) is 2. The zero-order valence-corrected chi connectivity index (χ0v) is 25.5. The van der Waals surface area contributed by atoms with Crippen LogP contribution in [0.1, 0.15) is 40.7 Å². The number of carbonyl (C=O) groups excluding carboxylic acids is 2. The van der Waals surface area contributed by atoms with Crippen molar-refractivity contribution in [3.63, 3.8) is 0 Å². The fourth-order valence-electron chi connectivity index (χ4n) is 5.82. The Morgan fingerprint density at radius 2 is 1.73 bits per heavy atom. The van der Waals surface area contributed by atoms with Crippen molar-refractivity contribution < 1.29 is 23.1 Å². The Labute approximate surface area is 258 Å². The van der Waals surface area contributed by atoms with Gasteiger partial charge in [0.05, 0.1) is 12.8 Å². The molecule has 5 rings (SSSR count). The smallest absolute Gasteiger partial charge is 0.330 e. The molecule has 9 nitrogen and oxygen atoms in total. The van der Waals surface area contributed by atoms with Crippen LogP contribution >= 0.6 is 0 Å². The number of amides is 1. The average molecular weight is 617 g/mol. The predicted molar refractivity (Wildman–Crippen MR) is 167 cm³/mol. The molecule has 4 aromatic rings. The highest BCUT2D eigenvalue weighted by atomic mass is 19.1. The molecule has 1 saturated carbocycles. The van der Waals surface area contributed by atoms with E-state index in [9.17, 15) is 19.2 Å². The van der Waals surface area contributed by atoms with E-state index in [4.69, 9.17) is 4.74 Å². The number of ketones is 1. The van der Waals surface area contributed by atoms with E-state index in [0.717, 1.165) is 21.8 Å². The third kappa shape index (κ3) is 6.34. The molecule has 0 aliphatic heterocycles. The molecule has 0 saturated heterocycles. The van der Waals surface area contributed by atoms with Crippen LogP contribution in [0, 0.1) is 24.5 Å². The number of aromatic nitrogens is 2. The first-order chi connectivity index (χ1) is 21.5. The second-order valence-corrected chi connectivity index (χ2v) is 11.3. The maximum absolute atomic E-state index is 15.9. The molecule has 1 aromatic heterocycles. The largest absolute Gasteiger partial charge is 0.496 e. The number of carbonyl (C=O) groups is 2. The molecule has 0 bridgehead atoms. The van der Waals surface area contributed by atoms with E-state index in [0.29, 0.717) is 53.0 Å². The van der Waals surface area contributed by atoms with Crippen molar-refractivity contribution in [1.82, 2.24) is 14.5 Å². The maximum Gasteiger partial charge on any atom is 0.330 e. The number of anilines is 1. The highest BCUT2D eigenvalue weighted by Gasteiger charge is 2.23. The van der Waals surface area contributed by atoms with E-state index in [1.54, 1.807) is 43.3 Å². The summed E-state index contributed by atoms with van der Waals surface area (Å²) in [6, 6.07) is 12.9. The summed E-state index contributed by atoms with van der Waals surface area (Å²) in [5.74, 6) is -1.15. The van der Waals surface area contributed by atoms with Gasteiger partial charge < -0.3 is 19.9 Å². The lowest BCUT2D eigenvalue weighted by Crippen LogP contribution is -2.40. The van der Waals surface area contributed by atoms with E-state index in [2.05, 4.69) is 10.6 Å². The lowest BCUT2D eigenvalue weighted by Gasteiger charge is -2.17. The van der Waals surface area contributed by atoms with Gasteiger partial charge in [0, 0.05) is 50.8 Å². The summed E-state index contributed by atoms with van der Waals surface area (Å²) in [6.07, 6.45) is 3.09. The number of nitrogens with one attached hydrogen (secondary N) is 2. The van der Waals surface area contributed by atoms with Gasteiger partial charge in [-0.3, -0.25) is 19.0 Å². The van der Waals surface area contributed by atoms with Crippen molar-refractivity contribution in [2.45, 2.75) is 32.7 Å². The predicted octanol–water partition coefficient (Wildman–Crippen LogP) is 4.72. The molecule has 0 spiro atoms. The Morgan fingerprint density at radius 1 is 1.02 bits per heavy atom. The molecule has 0 unspecified atom stereocenters. The molecule has 2 N–H and O–H groups in total. The zero-order valence-electron chi connectivity index (χ0n) is 25.5. The number of halogens is 2. The van der Waals surface area contributed by atoms with Crippen LogP contribution in [0.3, 0.4) is 0 Å². The summed E-state index contributed by atoms with van der Waals surface area (Å²) in [7, 11) is 4.13. The van der Waals surface area contributed by atoms with Crippen LogP contribution in [0.4, 0.5) is 14.5 Å². The van der Waals surface area contributed by atoms with Crippen molar-refractivity contribution >= 4 is 17.4 Å². The van der Waals surface area contributed by atoms with Crippen LogP contribution in [0.25, 0.3) is 22.3 Å². The number of ether oxygens (including phenoxy) is 1. The summed E-state index contributed by atoms with van der Waals surface area (Å²) in [4.78, 5) is 49.0. The summed E-state index contributed by atoms with van der Waals surface area (Å²) in [6.45, 7) is 2.66. The number of Topliss-reactive ketones (excluding diaryl/α,β-unsaturated/α-hetero) is 1. The monoisotopic (exact) mass is 616 g/mol. The van der Waals surface area contributed by atoms with E-state index in [1.165, 1.54) is 33.3 Å². The van der Waals surface area contributed by atoms with E-state index < -0.39 is 28.8 Å². The average Bonchev–Trinajstić information content (AvgIpc) is 3.44. The minimum absolute atomic E-state index is 0.148. The molecule has 0 radical (unpaired) electrons. The molecule has 1 fully saturated rings. The van der Waals surface area contributed by atoms with Gasteiger partial charge in [0.1, 0.15) is 22.9 Å². The number of methoxy groups -OCH3 is 1. The van der Waals surface area contributed by atoms with E-state index >= 15 is 8.78 Å². The fraction of sp³-hybridized carbons (Fsp3) is 0.294. The molecule has 1 atom stereocenters. The Morgan fingerprint density at radius 3 is 2.44 bits per heavy atom. The lowest BCUT2D eigenvalue weighted by atomic mass is 9.91. The van der Waals surface area contributed by atoms with Crippen LogP contribution in [0.2, 0.25) is 0 Å². The second kappa shape index (κ2) is 13.0. The molecular formula is C34H34F2N4O5. The van der Waals surface area contributed by atoms with Crippen molar-refractivity contribution in [2.24, 2.45) is 20.0 Å². The maximum atomic E-state index is 15.9. The van der Waals surface area contributed by atoms with Crippen molar-refractivity contribution in [3.8, 4) is 28.0 Å². The molecule has 3 aromatic carbocycles. The molecular weight excluding hydrogens is 582 g/mol. The molecule has 1 aliphatic rings. The molecule has 234 valence electrons. The summed E-state index contributed by atoms with van der Waals surface area (Å²) >= 11 is 0. The quantitative estimate of drug-likeness (QED) is 0.282. The number of aryl methyl sites for hydroxylation is 1. The molecule has 1 amide bonds. The summed E-state index contributed by atoms with van der Waals surface area (Å²) in [5.41, 5.74) is 1.12. The van der Waals surface area contributed by atoms with Crippen LogP contribution in [0.5, 0.6) is 5.75 Å². The first kappa shape index (κ1) is 31.5. The Hall–Kier alpha value is -4.90. The Bertz CT molecular complexity index is 1930. The van der Waals surface area contributed by atoms with Gasteiger partial charge in [-0.15, -0.1) is 0 Å². The number of hydrogen-bond donors (Lipinski definition) is 2. The van der Waals surface area contributed by atoms with Crippen LogP contribution in [-0.2, 0) is 25.4 Å². The number of hydrogen-bond acceptors (Lipinski definition) is 6. The van der Waals surface area contributed by atoms with Crippen LogP contribution < -0.4 is 26.6 Å². The topological polar surface area (TPSA) is 111 Å². The standard InChI is InChI=1S/C34H34F2N4O5/c1-19-23(21-14-28(35)26(30(15-21)45-4)17-37-16-20-11-12-22(41)13-20)7-5-8-24(19)25-9-6-10-29(31(25)36)38-32(42)27-18-39(2)34(44)40(3)33(27)43/h5-10,14-15,18,20,37H,11-13,16-17H2,1-4H3,(H,38,42)/t20-/m1/s1. The van der Waals surface area contributed by atoms with Crippen LogP contribution in [0.15, 0.2) is 64.3 Å². The summed E-state index contributed by atoms with van der Waals surface area (Å²) in [5, 5.41) is 5.70. The molecule has 45 heavy (non-hydrogen) atoms. The normalized spacial score (nSPS) is 14.5. The lowest BCUT2D eigenvalue weighted by molar-refractivity contribution is -0.117. The van der Waals surface area contributed by atoms with Gasteiger partial charge in [0.15, 0.2) is 5.82 Å². The molecule has 1 heterocycles. The van der Waals surface area contributed by atoms with Gasteiger partial charge in [0.2, 0.25) is 0 Å². The van der Waals surface area contributed by atoms with Gasteiger partial charge in [-0.05, 0) is 66.3 Å². The number of rotatable bonds is 9. The first-order valence-corrected chi connectivity index (χ1v) is 14.6. The third-order valence-electron chi connectivity index (χ3n) is 8.33. The van der Waals surface area contributed by atoms with Crippen molar-refractivity contribution in [1.29, 1.82) is 0 Å². The molecule has 11 heteroatoms. The third-order valence-corrected chi connectivity index (χ3v) is 8.33. The highest BCUT2D eigenvalue weighted by Crippen LogP contribution is 2.37. The highest BCUT2D eigenvalue weighted by molar-refractivity contribution is 6.04. The van der Waals surface area contributed by atoms with E-state index in [-0.39, 0.29) is 35.1 Å². The van der Waals surface area contributed by atoms with Crippen molar-refractivity contribution in [3.05, 3.63) is 104 Å². The van der Waals surface area contributed by atoms with Gasteiger partial charge >= 0.3 is 5.69 Å². The van der Waals surface area contributed by atoms with Gasteiger partial charge in [0.25, 0.3) is 11.5 Å². The van der Waals surface area contributed by atoms with Gasteiger partial charge in [-0.25, -0.2) is 13.6 Å². The van der Waals surface area contributed by atoms with Gasteiger partial charge in [-0.1, -0.05) is 30.3 Å². The number of benzene rings is 3. The van der Waals surface area contributed by atoms with Crippen molar-refractivity contribution in [2.75, 3.05) is 19.0 Å². The van der Waals surface area contributed by atoms with Crippen LogP contribution in [-0.4, -0.2) is 34.5 Å². The first-order valence-electron chi connectivity index (χ1n) is 14.6. The van der Waals surface area contributed by atoms with E-state index in [1.807, 2.05) is 0 Å². The Kier molecular flexibility index (Phi) is 9.10. The Balaban J connectivity index is 1.42. The summed E-state index contributed by atoms with van der Waals surface area (Å²) < 4.78 is 38.8. The molecule has 1 aliphatic carbocycles. The zero-order chi connectivity index (χ0) is 32.4. The second-order valence-electron chi connectivity index (χ2n) is 11.3. The minimum atomic E-state index is -0.860.